The molecule has 6 nitrogen and oxygen atoms in total. The molecule has 4 aromatic carbocycles. The molecular weight excluding hydrogens is 490 g/mol. The van der Waals surface area contributed by atoms with Crippen molar-refractivity contribution >= 4 is 12.1 Å². The molecule has 0 radical (unpaired) electrons. The Morgan fingerprint density at radius 2 is 1.33 bits per heavy atom. The largest absolute Gasteiger partial charge is 0.497 e. The number of amides is 1. The van der Waals surface area contributed by atoms with Crippen LogP contribution in [0.15, 0.2) is 103 Å². The van der Waals surface area contributed by atoms with Crippen LogP contribution in [0.4, 0.5) is 4.79 Å². The van der Waals surface area contributed by atoms with Gasteiger partial charge in [0.15, 0.2) is 0 Å². The van der Waals surface area contributed by atoms with Crippen LogP contribution in [-0.2, 0) is 27.3 Å². The van der Waals surface area contributed by atoms with Crippen LogP contribution in [0.3, 0.4) is 0 Å². The van der Waals surface area contributed by atoms with Gasteiger partial charge in [-0.3, -0.25) is 0 Å². The van der Waals surface area contributed by atoms with E-state index in [1.807, 2.05) is 66.7 Å². The first kappa shape index (κ1) is 27.5. The molecule has 0 saturated carbocycles. The van der Waals surface area contributed by atoms with Crippen molar-refractivity contribution in [1.82, 2.24) is 5.32 Å². The Balaban J connectivity index is 0.00000353. The van der Waals surface area contributed by atoms with Crippen molar-refractivity contribution in [3.63, 3.8) is 0 Å². The van der Waals surface area contributed by atoms with Crippen molar-refractivity contribution in [3.05, 3.63) is 125 Å². The van der Waals surface area contributed by atoms with E-state index in [-0.39, 0.29) is 33.0 Å². The van der Waals surface area contributed by atoms with E-state index >= 15 is 0 Å². The van der Waals surface area contributed by atoms with E-state index in [0.29, 0.717) is 0 Å². The third-order valence-electron chi connectivity index (χ3n) is 6.74. The Bertz CT molecular complexity index is 1360. The Labute approximate surface area is 229 Å². The summed E-state index contributed by atoms with van der Waals surface area (Å²) in [5.41, 5.74) is 6.28. The maximum atomic E-state index is 13.1. The van der Waals surface area contributed by atoms with Crippen LogP contribution in [0.5, 0.6) is 5.75 Å². The summed E-state index contributed by atoms with van der Waals surface area (Å²) in [4.78, 5) is 26.0. The summed E-state index contributed by atoms with van der Waals surface area (Å²) in [5, 5.41) is 2.74. The zero-order chi connectivity index (χ0) is 26.3. The van der Waals surface area contributed by atoms with E-state index in [9.17, 15) is 9.59 Å². The average molecular weight is 524 g/mol. The fourth-order valence-corrected chi connectivity index (χ4v) is 4.80. The third-order valence-corrected chi connectivity index (χ3v) is 6.74. The number of ether oxygens (including phenoxy) is 3. The molecule has 0 heterocycles. The van der Waals surface area contributed by atoms with E-state index in [1.54, 1.807) is 19.2 Å². The summed E-state index contributed by atoms with van der Waals surface area (Å²) in [5.74, 6) is 0.125. The summed E-state index contributed by atoms with van der Waals surface area (Å²) in [6, 6.07) is 32.2. The van der Waals surface area contributed by atoms with Crippen LogP contribution in [-0.4, -0.2) is 31.8 Å². The van der Waals surface area contributed by atoms with Crippen LogP contribution >= 0.6 is 0 Å². The second kappa shape index (κ2) is 12.8. The number of alkyl carbamates (subject to hydrolysis) is 1. The lowest BCUT2D eigenvalue weighted by Gasteiger charge is -2.19. The van der Waals surface area contributed by atoms with Gasteiger partial charge in [0.2, 0.25) is 0 Å². The molecule has 0 unspecified atom stereocenters. The number of fused-ring (bicyclic) bond motifs is 3. The molecule has 0 spiro atoms. The molecule has 200 valence electrons. The first-order valence-electron chi connectivity index (χ1n) is 12.6. The van der Waals surface area contributed by atoms with Gasteiger partial charge in [-0.15, -0.1) is 0 Å². The lowest BCUT2D eigenvalue weighted by atomic mass is 9.98. The topological polar surface area (TPSA) is 73.9 Å². The monoisotopic (exact) mass is 523 g/mol. The fourth-order valence-electron chi connectivity index (χ4n) is 4.80. The van der Waals surface area contributed by atoms with Gasteiger partial charge in [-0.1, -0.05) is 98.4 Å². The van der Waals surface area contributed by atoms with Crippen LogP contribution in [0.1, 0.15) is 35.6 Å². The molecule has 1 aliphatic carbocycles. The minimum atomic E-state index is -0.897. The smallest absolute Gasteiger partial charge is 0.407 e. The molecule has 0 aliphatic heterocycles. The molecule has 0 saturated heterocycles. The molecule has 0 aromatic heterocycles. The highest BCUT2D eigenvalue weighted by Crippen LogP contribution is 2.44. The van der Waals surface area contributed by atoms with E-state index < -0.39 is 18.1 Å². The number of methoxy groups -OCH3 is 1. The maximum absolute atomic E-state index is 13.1. The van der Waals surface area contributed by atoms with Crippen molar-refractivity contribution in [2.75, 3.05) is 13.7 Å². The van der Waals surface area contributed by atoms with Crippen molar-refractivity contribution in [2.45, 2.75) is 32.4 Å². The normalized spacial score (nSPS) is 12.3. The number of nitrogens with one attached hydrogen (secondary N) is 1. The number of benzene rings is 4. The fraction of sp³-hybridized carbons (Fsp3) is 0.212. The summed E-state index contributed by atoms with van der Waals surface area (Å²) in [6.45, 7) is 0.249. The average Bonchev–Trinajstić information content (AvgIpc) is 3.29. The number of carbonyl (C=O) groups is 2. The highest BCUT2D eigenvalue weighted by Gasteiger charge is 2.30. The first-order chi connectivity index (χ1) is 18.6. The van der Waals surface area contributed by atoms with Gasteiger partial charge in [-0.2, -0.15) is 0 Å². The van der Waals surface area contributed by atoms with Crippen molar-refractivity contribution < 1.29 is 23.8 Å². The van der Waals surface area contributed by atoms with Gasteiger partial charge in [0.25, 0.3) is 0 Å². The molecule has 1 amide bonds. The molecule has 1 aliphatic rings. The minimum Gasteiger partial charge on any atom is -0.497 e. The van der Waals surface area contributed by atoms with Gasteiger partial charge in [0.05, 0.1) is 7.11 Å². The minimum absolute atomic E-state index is 0. The number of hydrogen-bond donors (Lipinski definition) is 1. The second-order valence-electron chi connectivity index (χ2n) is 9.17. The molecule has 6 heteroatoms. The van der Waals surface area contributed by atoms with Crippen LogP contribution < -0.4 is 10.1 Å². The highest BCUT2D eigenvalue weighted by molar-refractivity contribution is 5.82. The van der Waals surface area contributed by atoms with Gasteiger partial charge < -0.3 is 19.5 Å². The van der Waals surface area contributed by atoms with E-state index in [4.69, 9.17) is 14.2 Å². The highest BCUT2D eigenvalue weighted by atomic mass is 16.6. The molecule has 1 N–H and O–H groups in total. The van der Waals surface area contributed by atoms with Crippen molar-refractivity contribution in [1.29, 1.82) is 0 Å². The van der Waals surface area contributed by atoms with E-state index in [2.05, 4.69) is 29.6 Å². The molecule has 5 rings (SSSR count). The quantitative estimate of drug-likeness (QED) is 0.253. The van der Waals surface area contributed by atoms with E-state index in [1.165, 1.54) is 0 Å². The Morgan fingerprint density at radius 1 is 0.744 bits per heavy atom. The predicted molar refractivity (Wildman–Crippen MR) is 152 cm³/mol. The Kier molecular flexibility index (Phi) is 9.00. The molecule has 0 fully saturated rings. The molecular formula is C33H33NO5. The Morgan fingerprint density at radius 3 is 1.95 bits per heavy atom. The second-order valence-corrected chi connectivity index (χ2v) is 9.17. The standard InChI is InChI=1S/C32H29NO5.CH4/c1-36-24-17-15-23(16-18-24)20-37-31(34)30(19-22-9-3-2-4-10-22)33-32(35)38-21-29-27-13-7-5-11-25(27)26-12-6-8-14-28(26)29;/h2-18,29-30H,19-21H2,1H3,(H,33,35);1H4/t30-;/m0./s1. The maximum Gasteiger partial charge on any atom is 0.407 e. The summed E-state index contributed by atoms with van der Waals surface area (Å²) in [7, 11) is 1.60. The van der Waals surface area contributed by atoms with Crippen molar-refractivity contribution in [3.8, 4) is 16.9 Å². The lowest BCUT2D eigenvalue weighted by Crippen LogP contribution is -2.43. The molecule has 1 atom stereocenters. The number of carbonyl (C=O) groups excluding carboxylic acids is 2. The van der Waals surface area contributed by atoms with E-state index in [0.717, 1.165) is 39.1 Å². The van der Waals surface area contributed by atoms with Gasteiger partial charge in [-0.25, -0.2) is 9.59 Å². The zero-order valence-corrected chi connectivity index (χ0v) is 21.1. The van der Waals surface area contributed by atoms with Gasteiger partial charge >= 0.3 is 12.1 Å². The zero-order valence-electron chi connectivity index (χ0n) is 21.1. The molecule has 39 heavy (non-hydrogen) atoms. The summed E-state index contributed by atoms with van der Waals surface area (Å²) >= 11 is 0. The number of esters is 1. The van der Waals surface area contributed by atoms with Gasteiger partial charge in [0.1, 0.15) is 25.0 Å². The predicted octanol–water partition coefficient (Wildman–Crippen LogP) is 6.52. The van der Waals surface area contributed by atoms with Crippen molar-refractivity contribution in [2.24, 2.45) is 0 Å². The molecule has 4 aromatic rings. The SMILES string of the molecule is C.COc1ccc(COC(=O)[C@H](Cc2ccccc2)NC(=O)OCC2c3ccccc3-c3ccccc32)cc1. The van der Waals surface area contributed by atoms with Crippen LogP contribution in [0.2, 0.25) is 0 Å². The van der Waals surface area contributed by atoms with Crippen LogP contribution in [0, 0.1) is 0 Å². The number of rotatable bonds is 9. The Hall–Kier alpha value is -4.58. The summed E-state index contributed by atoms with van der Waals surface area (Å²) < 4.78 is 16.4. The van der Waals surface area contributed by atoms with Gasteiger partial charge in [0, 0.05) is 12.3 Å². The lowest BCUT2D eigenvalue weighted by molar-refractivity contribution is -0.147. The van der Waals surface area contributed by atoms with Gasteiger partial charge in [-0.05, 0) is 45.5 Å². The number of hydrogen-bond acceptors (Lipinski definition) is 5. The summed E-state index contributed by atoms with van der Waals surface area (Å²) in [6.07, 6.45) is -0.374. The van der Waals surface area contributed by atoms with Crippen LogP contribution in [0.25, 0.3) is 11.1 Å². The third kappa shape index (κ3) is 6.47. The first-order valence-corrected chi connectivity index (χ1v) is 12.6. The molecule has 0 bridgehead atoms.